The number of carbonyl (C=O) groups excluding carboxylic acids is 2. The highest BCUT2D eigenvalue weighted by molar-refractivity contribution is 5.73. The summed E-state index contributed by atoms with van der Waals surface area (Å²) in [5.41, 5.74) is 4.13. The summed E-state index contributed by atoms with van der Waals surface area (Å²) in [6.07, 6.45) is -6.04. The number of aryl methyl sites for hydroxylation is 1. The number of nitrogens with two attached hydrogens (primary N) is 1. The molecule has 11 nitrogen and oxygen atoms in total. The van der Waals surface area contributed by atoms with Crippen LogP contribution in [0.3, 0.4) is 0 Å². The van der Waals surface area contributed by atoms with Gasteiger partial charge in [0, 0.05) is 6.42 Å². The molecule has 0 radical (unpaired) electrons. The Morgan fingerprint density at radius 3 is 2.05 bits per heavy atom. The molecule has 0 bridgehead atoms. The lowest BCUT2D eigenvalue weighted by atomic mass is 9.92. The van der Waals surface area contributed by atoms with Gasteiger partial charge in [0.1, 0.15) is 28.8 Å². The highest BCUT2D eigenvalue weighted by Crippen LogP contribution is 2.28. The number of hydrogen-bond donors (Lipinski definition) is 6. The van der Waals surface area contributed by atoms with Crippen LogP contribution in [0.25, 0.3) is 0 Å². The Morgan fingerprint density at radius 2 is 1.54 bits per heavy atom. The molecule has 0 aliphatic heterocycles. The number of carbonyl (C=O) groups is 2. The molecule has 2 aromatic rings. The van der Waals surface area contributed by atoms with E-state index < -0.39 is 54.0 Å². The van der Waals surface area contributed by atoms with Crippen LogP contribution < -0.4 is 11.1 Å². The minimum atomic E-state index is -1.90. The zero-order valence-electron chi connectivity index (χ0n) is 24.7. The molecule has 0 heterocycles. The van der Waals surface area contributed by atoms with Crippen LogP contribution in [0.5, 0.6) is 5.75 Å². The third-order valence-electron chi connectivity index (χ3n) is 6.42. The van der Waals surface area contributed by atoms with E-state index in [9.17, 15) is 30.0 Å². The summed E-state index contributed by atoms with van der Waals surface area (Å²) in [5, 5.41) is 44.5. The van der Waals surface area contributed by atoms with E-state index in [1.165, 1.54) is 32.9 Å². The lowest BCUT2D eigenvalue weighted by Gasteiger charge is -2.48. The van der Waals surface area contributed by atoms with Gasteiger partial charge in [0.25, 0.3) is 0 Å². The van der Waals surface area contributed by atoms with Gasteiger partial charge < -0.3 is 35.6 Å². The van der Waals surface area contributed by atoms with E-state index in [1.54, 1.807) is 63.2 Å². The predicted molar refractivity (Wildman–Crippen MR) is 154 cm³/mol. The fourth-order valence-corrected chi connectivity index (χ4v) is 4.11. The summed E-state index contributed by atoms with van der Waals surface area (Å²) < 4.78 is 11.0. The minimum absolute atomic E-state index is 0.0413. The van der Waals surface area contributed by atoms with Crippen molar-refractivity contribution < 1.29 is 39.5 Å². The number of rotatable bonds is 12. The lowest BCUT2D eigenvalue weighted by Crippen LogP contribution is -2.73. The summed E-state index contributed by atoms with van der Waals surface area (Å²) in [5.74, 6) is 0.0879. The number of ether oxygens (including phenoxy) is 2. The van der Waals surface area contributed by atoms with Crippen molar-refractivity contribution in [3.05, 3.63) is 65.7 Å². The van der Waals surface area contributed by atoms with Crippen LogP contribution in [0.1, 0.15) is 59.1 Å². The lowest BCUT2D eigenvalue weighted by molar-refractivity contribution is -0.0980. The molecular formula is C30H45N3O8. The molecule has 2 aromatic carbocycles. The van der Waals surface area contributed by atoms with Crippen LogP contribution in [-0.4, -0.2) is 79.4 Å². The van der Waals surface area contributed by atoms with Crippen LogP contribution in [0.15, 0.2) is 54.6 Å². The second-order valence-corrected chi connectivity index (χ2v) is 11.8. The molecule has 4 atom stereocenters. The molecule has 11 heteroatoms. The molecular weight excluding hydrogens is 530 g/mol. The highest BCUT2D eigenvalue weighted by Gasteiger charge is 2.49. The molecule has 0 aliphatic rings. The van der Waals surface area contributed by atoms with Gasteiger partial charge in [0.2, 0.25) is 0 Å². The quantitative estimate of drug-likeness (QED) is 0.208. The second kappa shape index (κ2) is 14.0. The monoisotopic (exact) mass is 575 g/mol. The largest absolute Gasteiger partial charge is 0.508 e. The van der Waals surface area contributed by atoms with Crippen LogP contribution in [0.2, 0.25) is 0 Å². The number of nitrogens with one attached hydrogen (secondary N) is 1. The molecule has 7 N–H and O–H groups in total. The number of phenolic OH excluding ortho intramolecular Hbond substituents is 1. The molecule has 0 spiro atoms. The van der Waals surface area contributed by atoms with Gasteiger partial charge in [-0.2, -0.15) is 0 Å². The van der Waals surface area contributed by atoms with Gasteiger partial charge in [-0.1, -0.05) is 42.5 Å². The number of benzene rings is 2. The van der Waals surface area contributed by atoms with E-state index >= 15 is 0 Å². The molecule has 228 valence electrons. The van der Waals surface area contributed by atoms with E-state index in [0.29, 0.717) is 12.0 Å². The van der Waals surface area contributed by atoms with Crippen molar-refractivity contribution in [2.75, 3.05) is 6.61 Å². The maximum atomic E-state index is 13.9. The van der Waals surface area contributed by atoms with Gasteiger partial charge in [-0.15, -0.1) is 0 Å². The standard InChI is InChI=1S/C30H45N3O8/c1-20(35)30(31,18-22-10-8-7-9-11-22)33(27(39)41-29(5,6)19-34)25(32-26(38)40-28(2,3)4)24(37)17-14-21-12-15-23(36)16-13-21/h7-13,15-16,20,24-25,34-37H,14,17-19,31H2,1-6H3,(H,32,38). The number of phenols is 1. The second-order valence-electron chi connectivity index (χ2n) is 11.8. The van der Waals surface area contributed by atoms with E-state index in [4.69, 9.17) is 15.2 Å². The average Bonchev–Trinajstić information content (AvgIpc) is 2.87. The smallest absolute Gasteiger partial charge is 0.413 e. The molecule has 0 saturated carbocycles. The minimum Gasteiger partial charge on any atom is -0.508 e. The topological polar surface area (TPSA) is 175 Å². The first kappa shape index (κ1) is 33.8. The number of aliphatic hydroxyl groups excluding tert-OH is 3. The first-order valence-corrected chi connectivity index (χ1v) is 13.6. The Kier molecular flexibility index (Phi) is 11.5. The number of nitrogens with zero attached hydrogens (tertiary/aromatic N) is 1. The normalized spacial score (nSPS) is 15.7. The number of alkyl carbamates (subject to hydrolysis) is 1. The highest BCUT2D eigenvalue weighted by atomic mass is 16.6. The van der Waals surface area contributed by atoms with Crippen LogP contribution in [0, 0.1) is 0 Å². The zero-order valence-corrected chi connectivity index (χ0v) is 24.7. The SMILES string of the molecule is CC(O)C(N)(Cc1ccccc1)N(C(=O)OC(C)(C)CO)C(NC(=O)OC(C)(C)C)C(O)CCc1ccc(O)cc1. The first-order valence-electron chi connectivity index (χ1n) is 13.6. The summed E-state index contributed by atoms with van der Waals surface area (Å²) in [7, 11) is 0. The van der Waals surface area contributed by atoms with Gasteiger partial charge in [-0.05, 0) is 77.6 Å². The van der Waals surface area contributed by atoms with Crippen molar-refractivity contribution in [1.82, 2.24) is 10.2 Å². The fourth-order valence-electron chi connectivity index (χ4n) is 4.11. The Hall–Kier alpha value is -3.38. The van der Waals surface area contributed by atoms with Crippen LogP contribution in [0.4, 0.5) is 9.59 Å². The third-order valence-corrected chi connectivity index (χ3v) is 6.42. The number of amides is 2. The van der Waals surface area contributed by atoms with E-state index in [0.717, 1.165) is 10.5 Å². The van der Waals surface area contributed by atoms with Crippen molar-refractivity contribution >= 4 is 12.2 Å². The molecule has 41 heavy (non-hydrogen) atoms. The van der Waals surface area contributed by atoms with Crippen molar-refractivity contribution in [2.24, 2.45) is 5.73 Å². The molecule has 0 fully saturated rings. The van der Waals surface area contributed by atoms with Crippen molar-refractivity contribution in [3.63, 3.8) is 0 Å². The Morgan fingerprint density at radius 1 is 0.951 bits per heavy atom. The molecule has 0 aromatic heterocycles. The van der Waals surface area contributed by atoms with Crippen LogP contribution >= 0.6 is 0 Å². The van der Waals surface area contributed by atoms with Gasteiger partial charge in [0.05, 0.1) is 18.8 Å². The van der Waals surface area contributed by atoms with Crippen molar-refractivity contribution in [2.45, 2.75) is 96.0 Å². The predicted octanol–water partition coefficient (Wildman–Crippen LogP) is 3.02. The van der Waals surface area contributed by atoms with Gasteiger partial charge in [-0.3, -0.25) is 10.2 Å². The van der Waals surface area contributed by atoms with Gasteiger partial charge in [0.15, 0.2) is 0 Å². The first-order chi connectivity index (χ1) is 19.0. The molecule has 2 rings (SSSR count). The molecule has 0 saturated heterocycles. The summed E-state index contributed by atoms with van der Waals surface area (Å²) in [6, 6.07) is 15.3. The fraction of sp³-hybridized carbons (Fsp3) is 0.533. The summed E-state index contributed by atoms with van der Waals surface area (Å²) >= 11 is 0. The summed E-state index contributed by atoms with van der Waals surface area (Å²) in [6.45, 7) is 8.83. The Labute approximate surface area is 241 Å². The third kappa shape index (κ3) is 10.2. The molecule has 4 unspecified atom stereocenters. The van der Waals surface area contributed by atoms with Gasteiger partial charge in [-0.25, -0.2) is 9.59 Å². The van der Waals surface area contributed by atoms with E-state index in [2.05, 4.69) is 5.32 Å². The number of aliphatic hydroxyl groups is 3. The van der Waals surface area contributed by atoms with E-state index in [-0.39, 0.29) is 18.6 Å². The summed E-state index contributed by atoms with van der Waals surface area (Å²) in [4.78, 5) is 27.8. The number of aromatic hydroxyl groups is 1. The van der Waals surface area contributed by atoms with Gasteiger partial charge >= 0.3 is 12.2 Å². The maximum Gasteiger partial charge on any atom is 0.413 e. The molecule has 0 aliphatic carbocycles. The number of hydrogen-bond acceptors (Lipinski definition) is 9. The van der Waals surface area contributed by atoms with Crippen molar-refractivity contribution in [1.29, 1.82) is 0 Å². The Bertz CT molecular complexity index is 1120. The van der Waals surface area contributed by atoms with E-state index in [1.807, 2.05) is 0 Å². The maximum absolute atomic E-state index is 13.9. The zero-order chi connectivity index (χ0) is 31.0. The molecule has 2 amide bonds. The Balaban J connectivity index is 2.60. The van der Waals surface area contributed by atoms with Crippen LogP contribution in [-0.2, 0) is 22.3 Å². The average molecular weight is 576 g/mol. The van der Waals surface area contributed by atoms with Crippen molar-refractivity contribution in [3.8, 4) is 5.75 Å².